The van der Waals surface area contributed by atoms with Gasteiger partial charge in [-0.05, 0) is 19.3 Å². The Morgan fingerprint density at radius 1 is 1.38 bits per heavy atom. The van der Waals surface area contributed by atoms with Crippen molar-refractivity contribution in [2.75, 3.05) is 18.5 Å². The van der Waals surface area contributed by atoms with Crippen LogP contribution in [0.4, 0.5) is 19.0 Å². The number of carbonyl (C=O) groups is 1. The first kappa shape index (κ1) is 16.5. The van der Waals surface area contributed by atoms with Gasteiger partial charge in [-0.15, -0.1) is 0 Å². The van der Waals surface area contributed by atoms with E-state index in [1.54, 1.807) is 0 Å². The fraction of sp³-hybridized carbons (Fsp3) is 0.571. The molecule has 0 saturated carbocycles. The molecule has 10 heteroatoms. The topological polar surface area (TPSA) is 81.9 Å². The molecule has 1 saturated heterocycles. The highest BCUT2D eigenvalue weighted by atomic mass is 19.4. The second-order valence-corrected chi connectivity index (χ2v) is 5.62. The minimum atomic E-state index is -4.35. The number of hydrogen-bond donors (Lipinski definition) is 1. The Bertz CT molecular complexity index is 731. The fourth-order valence-electron chi connectivity index (χ4n) is 2.64. The van der Waals surface area contributed by atoms with Gasteiger partial charge < -0.3 is 10.1 Å². The molecule has 3 heterocycles. The largest absolute Gasteiger partial charge is 0.465 e. The first-order chi connectivity index (χ1) is 11.4. The lowest BCUT2D eigenvalue weighted by Crippen LogP contribution is -2.17. The van der Waals surface area contributed by atoms with Gasteiger partial charge in [0.25, 0.3) is 0 Å². The molecule has 1 aliphatic heterocycles. The van der Waals surface area contributed by atoms with Gasteiger partial charge in [-0.3, -0.25) is 9.48 Å². The van der Waals surface area contributed by atoms with Crippen molar-refractivity contribution in [2.45, 2.75) is 32.0 Å². The van der Waals surface area contributed by atoms with Crippen molar-refractivity contribution in [1.29, 1.82) is 0 Å². The molecule has 1 unspecified atom stereocenters. The summed E-state index contributed by atoms with van der Waals surface area (Å²) >= 11 is 0. The van der Waals surface area contributed by atoms with E-state index in [1.165, 1.54) is 12.5 Å². The highest BCUT2D eigenvalue weighted by Crippen LogP contribution is 2.23. The minimum absolute atomic E-state index is 0.0632. The predicted octanol–water partition coefficient (Wildman–Crippen LogP) is 2.14. The lowest BCUT2D eigenvalue weighted by Gasteiger charge is -2.07. The van der Waals surface area contributed by atoms with Crippen molar-refractivity contribution >= 4 is 22.8 Å². The van der Waals surface area contributed by atoms with Crippen LogP contribution in [0.2, 0.25) is 0 Å². The van der Waals surface area contributed by atoms with Gasteiger partial charge in [0.2, 0.25) is 0 Å². The molecule has 3 rings (SSSR count). The number of nitrogens with zero attached hydrogens (tertiary/aromatic N) is 4. The number of halogens is 3. The van der Waals surface area contributed by atoms with E-state index in [2.05, 4.69) is 20.4 Å². The van der Waals surface area contributed by atoms with Crippen LogP contribution in [-0.2, 0) is 16.1 Å². The summed E-state index contributed by atoms with van der Waals surface area (Å²) in [5.41, 5.74) is 0.205. The first-order valence-corrected chi connectivity index (χ1v) is 7.58. The van der Waals surface area contributed by atoms with E-state index in [0.717, 1.165) is 17.5 Å². The first-order valence-electron chi connectivity index (χ1n) is 7.58. The highest BCUT2D eigenvalue weighted by molar-refractivity contribution is 5.85. The predicted molar refractivity (Wildman–Crippen MR) is 78.2 cm³/mol. The summed E-state index contributed by atoms with van der Waals surface area (Å²) < 4.78 is 43.0. The summed E-state index contributed by atoms with van der Waals surface area (Å²) in [7, 11) is 0. The molecule has 0 amide bonds. The number of rotatable bonds is 6. The molecule has 1 aliphatic rings. The average Bonchev–Trinajstić information content (AvgIpc) is 3.08. The van der Waals surface area contributed by atoms with Gasteiger partial charge in [0.15, 0.2) is 5.65 Å². The van der Waals surface area contributed by atoms with Crippen LogP contribution >= 0.6 is 0 Å². The molecular formula is C14H16F3N5O2. The van der Waals surface area contributed by atoms with Crippen LogP contribution in [-0.4, -0.2) is 45.0 Å². The number of carbonyl (C=O) groups excluding carboxylic acids is 1. The zero-order valence-electron chi connectivity index (χ0n) is 12.7. The van der Waals surface area contributed by atoms with Crippen molar-refractivity contribution in [3.63, 3.8) is 0 Å². The summed E-state index contributed by atoms with van der Waals surface area (Å²) in [6.45, 7) is -0.158. The van der Waals surface area contributed by atoms with E-state index in [1.807, 2.05) is 0 Å². The summed E-state index contributed by atoms with van der Waals surface area (Å²) in [6, 6.07) is 0. The van der Waals surface area contributed by atoms with Crippen LogP contribution in [0.3, 0.4) is 0 Å². The smallest absolute Gasteiger partial charge is 0.408 e. The SMILES string of the molecule is O=C1OCCC1CCCNc1ncnc2nn(CC(F)(F)F)cc12. The van der Waals surface area contributed by atoms with Gasteiger partial charge in [-0.2, -0.15) is 18.3 Å². The molecule has 2 aromatic heterocycles. The lowest BCUT2D eigenvalue weighted by atomic mass is 10.0. The van der Waals surface area contributed by atoms with Crippen LogP contribution in [0.15, 0.2) is 12.5 Å². The maximum Gasteiger partial charge on any atom is 0.408 e. The van der Waals surface area contributed by atoms with Crippen molar-refractivity contribution in [1.82, 2.24) is 19.7 Å². The molecule has 1 fully saturated rings. The van der Waals surface area contributed by atoms with E-state index in [0.29, 0.717) is 30.8 Å². The molecule has 1 atom stereocenters. The number of hydrogen-bond acceptors (Lipinski definition) is 6. The Morgan fingerprint density at radius 2 is 2.21 bits per heavy atom. The number of alkyl halides is 3. The molecule has 24 heavy (non-hydrogen) atoms. The molecule has 0 radical (unpaired) electrons. The van der Waals surface area contributed by atoms with Crippen LogP contribution in [0.5, 0.6) is 0 Å². The highest BCUT2D eigenvalue weighted by Gasteiger charge is 2.29. The van der Waals surface area contributed by atoms with Gasteiger partial charge in [0, 0.05) is 12.7 Å². The molecule has 0 aromatic carbocycles. The maximum atomic E-state index is 12.4. The van der Waals surface area contributed by atoms with Gasteiger partial charge in [0.05, 0.1) is 17.9 Å². The van der Waals surface area contributed by atoms with Gasteiger partial charge in [-0.1, -0.05) is 0 Å². The molecular weight excluding hydrogens is 327 g/mol. The number of anilines is 1. The average molecular weight is 343 g/mol. The fourth-order valence-corrected chi connectivity index (χ4v) is 2.64. The van der Waals surface area contributed by atoms with Crippen LogP contribution in [0.25, 0.3) is 11.0 Å². The van der Waals surface area contributed by atoms with Crippen molar-refractivity contribution in [3.8, 4) is 0 Å². The molecule has 0 aliphatic carbocycles. The van der Waals surface area contributed by atoms with Crippen LogP contribution in [0, 0.1) is 5.92 Å². The number of ether oxygens (including phenoxy) is 1. The summed E-state index contributed by atoms with van der Waals surface area (Å²) in [5, 5.41) is 7.30. The van der Waals surface area contributed by atoms with Gasteiger partial charge in [0.1, 0.15) is 18.7 Å². The zero-order valence-corrected chi connectivity index (χ0v) is 12.7. The second kappa shape index (κ2) is 6.62. The molecule has 130 valence electrons. The number of cyclic esters (lactones) is 1. The lowest BCUT2D eigenvalue weighted by molar-refractivity contribution is -0.143. The molecule has 0 bridgehead atoms. The monoisotopic (exact) mass is 343 g/mol. The second-order valence-electron chi connectivity index (χ2n) is 5.62. The number of esters is 1. The van der Waals surface area contributed by atoms with Gasteiger partial charge in [-0.25, -0.2) is 9.97 Å². The molecule has 7 nitrogen and oxygen atoms in total. The zero-order chi connectivity index (χ0) is 17.2. The maximum absolute atomic E-state index is 12.4. The third-order valence-electron chi connectivity index (χ3n) is 3.77. The summed E-state index contributed by atoms with van der Waals surface area (Å²) in [6.07, 6.45) is 0.346. The normalized spacial score (nSPS) is 18.1. The molecule has 0 spiro atoms. The van der Waals surface area contributed by atoms with Crippen molar-refractivity contribution in [2.24, 2.45) is 5.92 Å². The van der Waals surface area contributed by atoms with Crippen molar-refractivity contribution < 1.29 is 22.7 Å². The Labute approximate surface area is 135 Å². The minimum Gasteiger partial charge on any atom is -0.465 e. The molecule has 1 N–H and O–H groups in total. The van der Waals surface area contributed by atoms with Crippen LogP contribution in [0.1, 0.15) is 19.3 Å². The Hall–Kier alpha value is -2.39. The third kappa shape index (κ3) is 3.92. The van der Waals surface area contributed by atoms with E-state index in [4.69, 9.17) is 4.74 Å². The van der Waals surface area contributed by atoms with Gasteiger partial charge >= 0.3 is 12.1 Å². The molecule has 2 aromatic rings. The summed E-state index contributed by atoms with van der Waals surface area (Å²) in [5.74, 6) is 0.210. The van der Waals surface area contributed by atoms with E-state index >= 15 is 0 Å². The van der Waals surface area contributed by atoms with Crippen molar-refractivity contribution in [3.05, 3.63) is 12.5 Å². The standard InChI is InChI=1S/C14H16F3N5O2/c15-14(16,17)7-22-6-10-11(19-8-20-12(10)21-22)18-4-1-2-9-3-5-24-13(9)23/h6,8-9H,1-5,7H2,(H,18,19,20,21). The quantitative estimate of drug-likeness (QED) is 0.639. The van der Waals surface area contributed by atoms with E-state index < -0.39 is 12.7 Å². The van der Waals surface area contributed by atoms with Crippen LogP contribution < -0.4 is 5.32 Å². The number of fused-ring (bicyclic) bond motifs is 1. The van der Waals surface area contributed by atoms with E-state index in [9.17, 15) is 18.0 Å². The van der Waals surface area contributed by atoms with E-state index in [-0.39, 0.29) is 17.5 Å². The number of nitrogens with one attached hydrogen (secondary N) is 1. The third-order valence-corrected chi connectivity index (χ3v) is 3.77. The number of aromatic nitrogens is 4. The Morgan fingerprint density at radius 3 is 2.92 bits per heavy atom. The summed E-state index contributed by atoms with van der Waals surface area (Å²) in [4.78, 5) is 19.3. The Balaban J connectivity index is 1.60. The Kier molecular flexibility index (Phi) is 4.54.